The summed E-state index contributed by atoms with van der Waals surface area (Å²) in [7, 11) is 0. The van der Waals surface area contributed by atoms with Crippen molar-refractivity contribution in [3.05, 3.63) is 83.2 Å². The zero-order valence-electron chi connectivity index (χ0n) is 16.8. The average Bonchev–Trinajstić information content (AvgIpc) is 3.32. The second-order valence-corrected chi connectivity index (χ2v) is 8.09. The number of H-pyrrole nitrogens is 1. The molecular formula is C22H13FN8OS. The Morgan fingerprint density at radius 1 is 1.00 bits per heavy atom. The minimum atomic E-state index is -0.494. The van der Waals surface area contributed by atoms with E-state index in [2.05, 4.69) is 30.0 Å². The van der Waals surface area contributed by atoms with Crippen molar-refractivity contribution in [2.24, 2.45) is 0 Å². The smallest absolute Gasteiger partial charge is 0.300 e. The first-order valence-corrected chi connectivity index (χ1v) is 10.9. The zero-order valence-corrected chi connectivity index (χ0v) is 17.6. The summed E-state index contributed by atoms with van der Waals surface area (Å²) in [6.07, 6.45) is 3.03. The third kappa shape index (κ3) is 3.38. The molecule has 160 valence electrons. The van der Waals surface area contributed by atoms with Crippen LogP contribution in [0.4, 0.5) is 4.39 Å². The molecule has 0 saturated carbocycles. The van der Waals surface area contributed by atoms with Crippen molar-refractivity contribution in [1.82, 2.24) is 39.5 Å². The summed E-state index contributed by atoms with van der Waals surface area (Å²) < 4.78 is 15.0. The van der Waals surface area contributed by atoms with Crippen molar-refractivity contribution in [2.75, 3.05) is 0 Å². The van der Waals surface area contributed by atoms with Gasteiger partial charge in [-0.3, -0.25) is 4.79 Å². The Balaban J connectivity index is 1.53. The normalized spacial score (nSPS) is 11.5. The van der Waals surface area contributed by atoms with Crippen molar-refractivity contribution in [1.29, 1.82) is 0 Å². The van der Waals surface area contributed by atoms with Gasteiger partial charge in [-0.2, -0.15) is 14.6 Å². The lowest BCUT2D eigenvalue weighted by molar-refractivity contribution is 0.628. The topological polar surface area (TPSA) is 115 Å². The van der Waals surface area contributed by atoms with Crippen molar-refractivity contribution in [2.45, 2.75) is 10.8 Å². The molecule has 0 aliphatic heterocycles. The van der Waals surface area contributed by atoms with Crippen molar-refractivity contribution in [3.8, 4) is 11.3 Å². The van der Waals surface area contributed by atoms with Crippen LogP contribution in [0, 0.1) is 5.82 Å². The summed E-state index contributed by atoms with van der Waals surface area (Å²) in [6.45, 7) is 0. The fourth-order valence-electron chi connectivity index (χ4n) is 3.56. The lowest BCUT2D eigenvalue weighted by Gasteiger charge is -2.11. The Hall–Kier alpha value is -4.25. The highest BCUT2D eigenvalue weighted by molar-refractivity contribution is 7.98. The number of nitrogens with zero attached hydrogens (tertiary/aromatic N) is 7. The lowest BCUT2D eigenvalue weighted by atomic mass is 10.1. The Kier molecular flexibility index (Phi) is 4.54. The van der Waals surface area contributed by atoms with Crippen LogP contribution >= 0.6 is 11.8 Å². The van der Waals surface area contributed by atoms with E-state index in [0.717, 1.165) is 5.52 Å². The van der Waals surface area contributed by atoms with Crippen molar-refractivity contribution >= 4 is 39.5 Å². The monoisotopic (exact) mass is 456 g/mol. The molecule has 0 fully saturated rings. The van der Waals surface area contributed by atoms with E-state index in [4.69, 9.17) is 4.98 Å². The van der Waals surface area contributed by atoms with Crippen molar-refractivity contribution < 1.29 is 4.39 Å². The molecule has 4 heterocycles. The van der Waals surface area contributed by atoms with Gasteiger partial charge in [-0.25, -0.2) is 24.3 Å². The van der Waals surface area contributed by atoms with Gasteiger partial charge in [0.05, 0.1) is 17.6 Å². The number of halogens is 1. The standard InChI is InChI=1S/C22H13FN8OS/c23-13-7-5-12(6-8-13)17-21(32)29-20-14-3-1-2-4-15(14)28-16(31(20)30-17)9-33-22-18-19(25-10-24-18)26-11-27-22/h1-8,10-11H,9H2,(H,24,25,26,27). The number of aromatic nitrogens is 8. The molecule has 0 atom stereocenters. The van der Waals surface area contributed by atoms with Gasteiger partial charge in [0, 0.05) is 10.9 Å². The molecule has 4 aromatic heterocycles. The summed E-state index contributed by atoms with van der Waals surface area (Å²) in [5.74, 6) is 0.579. The maximum Gasteiger partial charge on any atom is 0.300 e. The van der Waals surface area contributed by atoms with Crippen molar-refractivity contribution in [3.63, 3.8) is 0 Å². The van der Waals surface area contributed by atoms with Crippen LogP contribution in [0.5, 0.6) is 0 Å². The van der Waals surface area contributed by atoms with Crippen LogP contribution in [-0.2, 0) is 5.75 Å². The van der Waals surface area contributed by atoms with Gasteiger partial charge >= 0.3 is 0 Å². The molecule has 0 radical (unpaired) electrons. The summed E-state index contributed by atoms with van der Waals surface area (Å²) in [5, 5.41) is 6.00. The van der Waals surface area contributed by atoms with E-state index >= 15 is 0 Å². The highest BCUT2D eigenvalue weighted by atomic mass is 32.2. The molecule has 0 aliphatic carbocycles. The van der Waals surface area contributed by atoms with Gasteiger partial charge in [-0.05, 0) is 36.4 Å². The quantitative estimate of drug-likeness (QED) is 0.244. The summed E-state index contributed by atoms with van der Waals surface area (Å²) in [4.78, 5) is 37.6. The summed E-state index contributed by atoms with van der Waals surface area (Å²) >= 11 is 1.44. The number of aromatic amines is 1. The number of benzene rings is 2. The number of thioether (sulfide) groups is 1. The van der Waals surface area contributed by atoms with Crippen LogP contribution in [-0.4, -0.2) is 39.5 Å². The van der Waals surface area contributed by atoms with Gasteiger partial charge in [-0.15, -0.1) is 0 Å². The van der Waals surface area contributed by atoms with Crippen LogP contribution < -0.4 is 5.56 Å². The summed E-state index contributed by atoms with van der Waals surface area (Å²) in [6, 6.07) is 13.0. The fourth-order valence-corrected chi connectivity index (χ4v) is 4.42. The zero-order chi connectivity index (χ0) is 22.4. The second-order valence-electron chi connectivity index (χ2n) is 7.12. The van der Waals surface area contributed by atoms with Gasteiger partial charge in [0.1, 0.15) is 28.5 Å². The molecule has 6 rings (SSSR count). The predicted molar refractivity (Wildman–Crippen MR) is 121 cm³/mol. The fraction of sp³-hybridized carbons (Fsp3) is 0.0455. The molecule has 1 N–H and O–H groups in total. The number of imidazole rings is 1. The first kappa shape index (κ1) is 19.4. The minimum absolute atomic E-state index is 0.119. The van der Waals surface area contributed by atoms with Crippen LogP contribution in [0.2, 0.25) is 0 Å². The highest BCUT2D eigenvalue weighted by Crippen LogP contribution is 2.27. The van der Waals surface area contributed by atoms with E-state index in [1.54, 1.807) is 10.8 Å². The number of hydrogen-bond donors (Lipinski definition) is 1. The number of para-hydroxylation sites is 1. The number of hydrogen-bond acceptors (Lipinski definition) is 8. The average molecular weight is 456 g/mol. The number of nitrogens with one attached hydrogen (secondary N) is 1. The predicted octanol–water partition coefficient (Wildman–Crippen LogP) is 3.40. The summed E-state index contributed by atoms with van der Waals surface area (Å²) in [5.41, 5.74) is 2.51. The van der Waals surface area contributed by atoms with E-state index < -0.39 is 11.4 Å². The maximum atomic E-state index is 13.4. The molecule has 2 aromatic carbocycles. The van der Waals surface area contributed by atoms with Gasteiger partial charge in [0.25, 0.3) is 5.56 Å². The van der Waals surface area contributed by atoms with Gasteiger partial charge in [0.2, 0.25) is 0 Å². The first-order valence-electron chi connectivity index (χ1n) is 9.89. The molecule has 0 aliphatic rings. The molecule has 0 saturated heterocycles. The maximum absolute atomic E-state index is 13.4. The highest BCUT2D eigenvalue weighted by Gasteiger charge is 2.16. The van der Waals surface area contributed by atoms with Crippen LogP contribution in [0.1, 0.15) is 5.82 Å². The second kappa shape index (κ2) is 7.71. The molecule has 0 amide bonds. The SMILES string of the molecule is O=c1nc2c3ccccc3nc(CSc3ncnc4nc[nH]c34)n2nc1-c1ccc(F)cc1. The molecule has 0 spiro atoms. The van der Waals surface area contributed by atoms with Crippen LogP contribution in [0.15, 0.2) is 71.0 Å². The number of fused-ring (bicyclic) bond motifs is 4. The molecular weight excluding hydrogens is 443 g/mol. The molecule has 9 nitrogen and oxygen atoms in total. The Labute approximate surface area is 188 Å². The van der Waals surface area contributed by atoms with Gasteiger partial charge in [-0.1, -0.05) is 23.9 Å². The van der Waals surface area contributed by atoms with Crippen LogP contribution in [0.3, 0.4) is 0 Å². The van der Waals surface area contributed by atoms with E-state index in [1.807, 2.05) is 24.3 Å². The van der Waals surface area contributed by atoms with Crippen LogP contribution in [0.25, 0.3) is 39.0 Å². The molecule has 6 aromatic rings. The Morgan fingerprint density at radius 2 is 1.85 bits per heavy atom. The third-order valence-corrected chi connectivity index (χ3v) is 6.08. The third-order valence-electron chi connectivity index (χ3n) is 5.09. The minimum Gasteiger partial charge on any atom is -0.341 e. The molecule has 0 unspecified atom stereocenters. The molecule has 0 bridgehead atoms. The lowest BCUT2D eigenvalue weighted by Crippen LogP contribution is -2.18. The largest absolute Gasteiger partial charge is 0.341 e. The van der Waals surface area contributed by atoms with Gasteiger partial charge < -0.3 is 4.98 Å². The Morgan fingerprint density at radius 3 is 2.73 bits per heavy atom. The van der Waals surface area contributed by atoms with E-state index in [9.17, 15) is 9.18 Å². The molecule has 33 heavy (non-hydrogen) atoms. The van der Waals surface area contributed by atoms with Gasteiger partial charge in [0.15, 0.2) is 17.0 Å². The van der Waals surface area contributed by atoms with E-state index in [-0.39, 0.29) is 5.69 Å². The Bertz CT molecular complexity index is 1710. The van der Waals surface area contributed by atoms with E-state index in [1.165, 1.54) is 42.4 Å². The number of rotatable bonds is 4. The van der Waals surface area contributed by atoms with E-state index in [0.29, 0.717) is 44.4 Å². The first-order chi connectivity index (χ1) is 16.2. The molecule has 11 heteroatoms.